The van der Waals surface area contributed by atoms with Gasteiger partial charge in [-0.15, -0.1) is 0 Å². The van der Waals surface area contributed by atoms with Crippen molar-refractivity contribution in [1.82, 2.24) is 25.1 Å². The van der Waals surface area contributed by atoms with Crippen LogP contribution in [0.4, 0.5) is 17.5 Å². The van der Waals surface area contributed by atoms with Crippen molar-refractivity contribution in [2.75, 3.05) is 45.4 Å². The Kier molecular flexibility index (Phi) is 6.10. The molecule has 8 nitrogen and oxygen atoms in total. The maximum absolute atomic E-state index is 5.25. The van der Waals surface area contributed by atoms with Gasteiger partial charge in [-0.25, -0.2) is 9.97 Å². The van der Waals surface area contributed by atoms with E-state index >= 15 is 0 Å². The summed E-state index contributed by atoms with van der Waals surface area (Å²) in [6.45, 7) is 2.85. The topological polar surface area (TPSA) is 91.0 Å². The van der Waals surface area contributed by atoms with Crippen LogP contribution in [0.3, 0.4) is 0 Å². The van der Waals surface area contributed by atoms with Crippen molar-refractivity contribution in [3.8, 4) is 17.1 Å². The van der Waals surface area contributed by atoms with E-state index in [2.05, 4.69) is 39.8 Å². The molecule has 0 atom stereocenters. The summed E-state index contributed by atoms with van der Waals surface area (Å²) in [5, 5.41) is 13.8. The molecule has 0 fully saturated rings. The Labute approximate surface area is 165 Å². The molecule has 8 heteroatoms. The van der Waals surface area contributed by atoms with Crippen LogP contribution in [0, 0.1) is 6.92 Å². The van der Waals surface area contributed by atoms with Crippen LogP contribution in [0.25, 0.3) is 11.4 Å². The lowest BCUT2D eigenvalue weighted by Gasteiger charge is -2.17. The summed E-state index contributed by atoms with van der Waals surface area (Å²) in [5.74, 6) is 3.71. The zero-order valence-electron chi connectivity index (χ0n) is 17.0. The Morgan fingerprint density at radius 1 is 1.11 bits per heavy atom. The molecule has 0 aliphatic rings. The second-order valence-electron chi connectivity index (χ2n) is 6.82. The zero-order chi connectivity index (χ0) is 20.1. The molecular weight excluding hydrogens is 354 g/mol. The van der Waals surface area contributed by atoms with Crippen molar-refractivity contribution < 1.29 is 4.74 Å². The maximum atomic E-state index is 5.25. The van der Waals surface area contributed by atoms with E-state index in [1.165, 1.54) is 0 Å². The van der Waals surface area contributed by atoms with Crippen molar-refractivity contribution in [2.24, 2.45) is 0 Å². The fourth-order valence-corrected chi connectivity index (χ4v) is 2.84. The van der Waals surface area contributed by atoms with Gasteiger partial charge in [0, 0.05) is 36.5 Å². The molecule has 0 saturated carbocycles. The lowest BCUT2D eigenvalue weighted by molar-refractivity contribution is 0.414. The molecule has 3 aromatic rings. The van der Waals surface area contributed by atoms with E-state index in [-0.39, 0.29) is 0 Å². The number of nitrogens with zero attached hydrogens (tertiary/aromatic N) is 4. The summed E-state index contributed by atoms with van der Waals surface area (Å²) in [6.07, 6.45) is 0.803. The van der Waals surface area contributed by atoms with Gasteiger partial charge in [-0.05, 0) is 51.7 Å². The summed E-state index contributed by atoms with van der Waals surface area (Å²) >= 11 is 0. The van der Waals surface area contributed by atoms with Crippen LogP contribution in [-0.2, 0) is 6.42 Å². The lowest BCUT2D eigenvalue weighted by atomic mass is 10.1. The van der Waals surface area contributed by atoms with E-state index < -0.39 is 0 Å². The Morgan fingerprint density at radius 3 is 2.39 bits per heavy atom. The van der Waals surface area contributed by atoms with Crippen LogP contribution < -0.4 is 15.4 Å². The molecule has 3 N–H and O–H groups in total. The van der Waals surface area contributed by atoms with Gasteiger partial charge in [0.25, 0.3) is 0 Å². The van der Waals surface area contributed by atoms with Crippen LogP contribution in [0.15, 0.2) is 30.3 Å². The number of likely N-dealkylation sites (N-methyl/N-ethyl adjacent to an activating group) is 1. The minimum atomic E-state index is 0.635. The summed E-state index contributed by atoms with van der Waals surface area (Å²) in [6, 6.07) is 9.67. The minimum Gasteiger partial charge on any atom is -0.497 e. The highest BCUT2D eigenvalue weighted by Gasteiger charge is 2.16. The first-order valence-electron chi connectivity index (χ1n) is 9.17. The normalized spacial score (nSPS) is 10.9. The molecule has 28 heavy (non-hydrogen) atoms. The fourth-order valence-electron chi connectivity index (χ4n) is 2.84. The van der Waals surface area contributed by atoms with Gasteiger partial charge in [0.15, 0.2) is 11.6 Å². The number of hydrogen-bond acceptors (Lipinski definition) is 7. The molecule has 0 aliphatic carbocycles. The zero-order valence-corrected chi connectivity index (χ0v) is 17.0. The number of ether oxygens (including phenoxy) is 1. The molecule has 0 aliphatic heterocycles. The number of nitrogens with one attached hydrogen (secondary N) is 3. The lowest BCUT2D eigenvalue weighted by Crippen LogP contribution is -2.17. The van der Waals surface area contributed by atoms with Crippen LogP contribution >= 0.6 is 0 Å². The Bertz CT molecular complexity index is 919. The second-order valence-corrected chi connectivity index (χ2v) is 6.82. The Morgan fingerprint density at radius 2 is 1.82 bits per heavy atom. The molecule has 0 saturated heterocycles. The Hall–Kier alpha value is -3.13. The molecule has 3 rings (SSSR count). The predicted molar refractivity (Wildman–Crippen MR) is 112 cm³/mol. The first-order valence-corrected chi connectivity index (χ1v) is 9.17. The largest absolute Gasteiger partial charge is 0.497 e. The van der Waals surface area contributed by atoms with E-state index in [0.717, 1.165) is 53.0 Å². The van der Waals surface area contributed by atoms with Gasteiger partial charge in [0.1, 0.15) is 17.4 Å². The van der Waals surface area contributed by atoms with Crippen LogP contribution in [-0.4, -0.2) is 59.9 Å². The number of benzene rings is 1. The molecule has 0 bridgehead atoms. The molecule has 0 radical (unpaired) electrons. The molecule has 0 amide bonds. The van der Waals surface area contributed by atoms with Gasteiger partial charge in [0.2, 0.25) is 0 Å². The third-order valence-corrected chi connectivity index (χ3v) is 4.35. The van der Waals surface area contributed by atoms with Crippen LogP contribution in [0.2, 0.25) is 0 Å². The standard InChI is InChI=1S/C20H27N7O/c1-13-12-17(26-25-13)22-20-16(10-11-27(3)4)19(21-2)23-18(24-20)14-6-8-15(28-5)9-7-14/h6-9,12H,10-11H2,1-5H3,(H3,21,22,23,24,25,26). The highest BCUT2D eigenvalue weighted by molar-refractivity contribution is 5.69. The van der Waals surface area contributed by atoms with Gasteiger partial charge in [-0.1, -0.05) is 0 Å². The summed E-state index contributed by atoms with van der Waals surface area (Å²) in [4.78, 5) is 11.7. The molecule has 0 spiro atoms. The van der Waals surface area contributed by atoms with Gasteiger partial charge in [-0.3, -0.25) is 5.10 Å². The SMILES string of the molecule is CNc1nc(-c2ccc(OC)cc2)nc(Nc2cc(C)[nH]n2)c1CCN(C)C. The highest BCUT2D eigenvalue weighted by atomic mass is 16.5. The number of anilines is 3. The van der Waals surface area contributed by atoms with Crippen molar-refractivity contribution in [3.63, 3.8) is 0 Å². The van der Waals surface area contributed by atoms with Gasteiger partial charge in [-0.2, -0.15) is 5.10 Å². The Balaban J connectivity index is 2.04. The number of aromatic amines is 1. The molecular formula is C20H27N7O. The van der Waals surface area contributed by atoms with E-state index in [0.29, 0.717) is 5.82 Å². The van der Waals surface area contributed by atoms with Crippen molar-refractivity contribution in [2.45, 2.75) is 13.3 Å². The van der Waals surface area contributed by atoms with E-state index in [9.17, 15) is 0 Å². The number of methoxy groups -OCH3 is 1. The van der Waals surface area contributed by atoms with Crippen LogP contribution in [0.1, 0.15) is 11.3 Å². The van der Waals surface area contributed by atoms with E-state index in [4.69, 9.17) is 14.7 Å². The van der Waals surface area contributed by atoms with Crippen LogP contribution in [0.5, 0.6) is 5.75 Å². The molecule has 2 heterocycles. The smallest absolute Gasteiger partial charge is 0.163 e. The number of hydrogen-bond donors (Lipinski definition) is 3. The summed E-state index contributed by atoms with van der Waals surface area (Å²) in [5.41, 5.74) is 2.92. The predicted octanol–water partition coefficient (Wildman–Crippen LogP) is 3.07. The monoisotopic (exact) mass is 381 g/mol. The van der Waals surface area contributed by atoms with Crippen molar-refractivity contribution in [1.29, 1.82) is 0 Å². The van der Waals surface area contributed by atoms with E-state index in [1.807, 2.05) is 44.3 Å². The van der Waals surface area contributed by atoms with Gasteiger partial charge in [0.05, 0.1) is 7.11 Å². The van der Waals surface area contributed by atoms with Crippen molar-refractivity contribution >= 4 is 17.5 Å². The number of H-pyrrole nitrogens is 1. The third-order valence-electron chi connectivity index (χ3n) is 4.35. The maximum Gasteiger partial charge on any atom is 0.163 e. The molecule has 0 unspecified atom stereocenters. The van der Waals surface area contributed by atoms with E-state index in [1.54, 1.807) is 7.11 Å². The van der Waals surface area contributed by atoms with Crippen molar-refractivity contribution in [3.05, 3.63) is 41.6 Å². The summed E-state index contributed by atoms with van der Waals surface area (Å²) in [7, 11) is 7.63. The fraction of sp³-hybridized carbons (Fsp3) is 0.350. The molecule has 1 aromatic carbocycles. The first-order chi connectivity index (χ1) is 13.5. The third kappa shape index (κ3) is 4.58. The number of rotatable bonds is 8. The summed E-state index contributed by atoms with van der Waals surface area (Å²) < 4.78 is 5.25. The highest BCUT2D eigenvalue weighted by Crippen LogP contribution is 2.29. The van der Waals surface area contributed by atoms with Gasteiger partial charge >= 0.3 is 0 Å². The minimum absolute atomic E-state index is 0.635. The molecule has 2 aromatic heterocycles. The average Bonchev–Trinajstić information content (AvgIpc) is 3.11. The van der Waals surface area contributed by atoms with Gasteiger partial charge < -0.3 is 20.3 Å². The molecule has 148 valence electrons. The average molecular weight is 381 g/mol. The number of aromatic nitrogens is 4. The number of aryl methyl sites for hydroxylation is 1. The second kappa shape index (κ2) is 8.71. The quantitative estimate of drug-likeness (QED) is 0.552. The first kappa shape index (κ1) is 19.6.